The van der Waals surface area contributed by atoms with Crippen molar-refractivity contribution < 1.29 is 38.3 Å². The predicted molar refractivity (Wildman–Crippen MR) is 159 cm³/mol. The third-order valence-electron chi connectivity index (χ3n) is 6.68. The zero-order valence-corrected chi connectivity index (χ0v) is 24.1. The Kier molecular flexibility index (Phi) is 33.3. The summed E-state index contributed by atoms with van der Waals surface area (Å²) in [5, 5.41) is 0. The van der Waals surface area contributed by atoms with Crippen LogP contribution in [0.2, 0.25) is 0 Å². The number of unbranched alkanes of at least 4 members (excludes halogenated alkanes) is 21. The van der Waals surface area contributed by atoms with Gasteiger partial charge in [0.25, 0.3) is 0 Å². The van der Waals surface area contributed by atoms with E-state index >= 15 is 0 Å². The van der Waals surface area contributed by atoms with Gasteiger partial charge in [-0.1, -0.05) is 128 Å². The van der Waals surface area contributed by atoms with Crippen molar-refractivity contribution in [3.63, 3.8) is 0 Å². The molecule has 38 heavy (non-hydrogen) atoms. The summed E-state index contributed by atoms with van der Waals surface area (Å²) >= 11 is 0. The predicted octanol–water partition coefficient (Wildman–Crippen LogP) is 6.46. The summed E-state index contributed by atoms with van der Waals surface area (Å²) in [6.07, 6.45) is 25.2. The van der Waals surface area contributed by atoms with Gasteiger partial charge in [0.2, 0.25) is 11.0 Å². The fourth-order valence-corrected chi connectivity index (χ4v) is 5.28. The molecule has 0 aliphatic carbocycles. The fourth-order valence-electron chi connectivity index (χ4n) is 4.38. The average molecular weight is 603 g/mol. The van der Waals surface area contributed by atoms with Crippen LogP contribution in [0.5, 0.6) is 0 Å². The second-order valence-corrected chi connectivity index (χ2v) is 13.3. The molecule has 0 unspecified atom stereocenters. The Hall–Kier alpha value is 1.64. The molecule has 0 rings (SSSR count). The fraction of sp³-hybridized carbons (Fsp3) is 0.923. The standard InChI is InChI=1S/C26H52O8P2.2Na.2H/c27-25(35(29,30)31)23-21-19-17-15-13-11-9-7-5-3-1-2-4-6-8-10-12-14-16-18-20-22-24-26(28)36(32,33)34;;;;/h1-24H2,(H2,29,30,31)(H2,32,33,34);;;;. The Morgan fingerprint density at radius 3 is 0.605 bits per heavy atom. The molecule has 0 radical (unpaired) electrons. The third-order valence-corrected chi connectivity index (χ3v) is 8.43. The summed E-state index contributed by atoms with van der Waals surface area (Å²) in [5.41, 5.74) is -1.86. The van der Waals surface area contributed by atoms with Gasteiger partial charge in [0.05, 0.1) is 0 Å². The minimum atomic E-state index is -4.52. The van der Waals surface area contributed by atoms with Gasteiger partial charge in [0.1, 0.15) is 0 Å². The molecule has 218 valence electrons. The van der Waals surface area contributed by atoms with Crippen LogP contribution in [0.25, 0.3) is 0 Å². The first kappa shape index (κ1) is 44.1. The molecule has 8 nitrogen and oxygen atoms in total. The topological polar surface area (TPSA) is 149 Å². The van der Waals surface area contributed by atoms with Crippen molar-refractivity contribution in [2.24, 2.45) is 0 Å². The van der Waals surface area contributed by atoms with Gasteiger partial charge in [0.15, 0.2) is 0 Å². The number of rotatable bonds is 27. The molecule has 12 heteroatoms. The van der Waals surface area contributed by atoms with E-state index in [0.717, 1.165) is 38.5 Å². The molecule has 0 aromatic rings. The van der Waals surface area contributed by atoms with Gasteiger partial charge >= 0.3 is 74.3 Å². The number of carbonyl (C=O) groups excluding carboxylic acids is 2. The van der Waals surface area contributed by atoms with E-state index in [9.17, 15) is 18.7 Å². The van der Waals surface area contributed by atoms with E-state index in [-0.39, 0.29) is 72.0 Å². The molecule has 0 aliphatic heterocycles. The SMILES string of the molecule is O=C(CCCCCCCCCCCCCCCCCCCCCCCCC(=O)P(=O)(O)O)P(=O)(O)O.[NaH].[NaH]. The van der Waals surface area contributed by atoms with Crippen molar-refractivity contribution in [2.75, 3.05) is 0 Å². The third kappa shape index (κ3) is 30.6. The van der Waals surface area contributed by atoms with Crippen LogP contribution < -0.4 is 0 Å². The molecule has 0 heterocycles. The maximum atomic E-state index is 11.1. The van der Waals surface area contributed by atoms with E-state index in [0.29, 0.717) is 12.8 Å². The van der Waals surface area contributed by atoms with Gasteiger partial charge < -0.3 is 19.6 Å². The first-order chi connectivity index (χ1) is 17.0. The number of hydrogen-bond acceptors (Lipinski definition) is 4. The van der Waals surface area contributed by atoms with Crippen molar-refractivity contribution in [3.8, 4) is 0 Å². The van der Waals surface area contributed by atoms with E-state index in [1.54, 1.807) is 0 Å². The zero-order chi connectivity index (χ0) is 27.1. The van der Waals surface area contributed by atoms with Crippen LogP contribution in [0.15, 0.2) is 0 Å². The molecule has 0 saturated heterocycles. The van der Waals surface area contributed by atoms with Crippen molar-refractivity contribution in [3.05, 3.63) is 0 Å². The first-order valence-electron chi connectivity index (χ1n) is 14.2. The van der Waals surface area contributed by atoms with Crippen LogP contribution in [-0.4, -0.2) is 89.7 Å². The van der Waals surface area contributed by atoms with E-state index < -0.39 is 26.2 Å². The molecular weight excluding hydrogens is 548 g/mol. The molecule has 0 bridgehead atoms. The Labute approximate surface area is 275 Å². The Bertz CT molecular complexity index is 612. The Morgan fingerprint density at radius 1 is 0.342 bits per heavy atom. The van der Waals surface area contributed by atoms with Gasteiger partial charge in [-0.25, -0.2) is 0 Å². The molecule has 0 atom stereocenters. The minimum absolute atomic E-state index is 0. The molecule has 0 aromatic heterocycles. The Morgan fingerprint density at radius 2 is 0.474 bits per heavy atom. The van der Waals surface area contributed by atoms with Crippen LogP contribution >= 0.6 is 15.2 Å². The van der Waals surface area contributed by atoms with Crippen LogP contribution in [-0.2, 0) is 18.7 Å². The second kappa shape index (κ2) is 28.7. The van der Waals surface area contributed by atoms with Gasteiger partial charge in [-0.2, -0.15) is 0 Å². The normalized spacial score (nSPS) is 11.6. The summed E-state index contributed by atoms with van der Waals surface area (Å²) in [6.45, 7) is 0. The van der Waals surface area contributed by atoms with Crippen molar-refractivity contribution in [1.29, 1.82) is 0 Å². The van der Waals surface area contributed by atoms with E-state index in [4.69, 9.17) is 19.6 Å². The molecular formula is C26H54Na2O8P2. The van der Waals surface area contributed by atoms with Gasteiger partial charge in [0, 0.05) is 12.8 Å². The van der Waals surface area contributed by atoms with E-state index in [1.165, 1.54) is 89.9 Å². The molecule has 0 aliphatic rings. The molecule has 0 aromatic carbocycles. The van der Waals surface area contributed by atoms with Crippen molar-refractivity contribution in [1.82, 2.24) is 0 Å². The monoisotopic (exact) mass is 602 g/mol. The van der Waals surface area contributed by atoms with Crippen LogP contribution in [0.1, 0.15) is 154 Å². The summed E-state index contributed by atoms with van der Waals surface area (Å²) in [6, 6.07) is 0. The summed E-state index contributed by atoms with van der Waals surface area (Å²) in [7, 11) is -9.04. The quantitative estimate of drug-likeness (QED) is 0.0475. The average Bonchev–Trinajstić information content (AvgIpc) is 2.80. The molecule has 0 fully saturated rings. The second-order valence-electron chi connectivity index (χ2n) is 10.2. The van der Waals surface area contributed by atoms with Crippen molar-refractivity contribution >= 4 is 85.4 Å². The summed E-state index contributed by atoms with van der Waals surface area (Å²) in [5.74, 6) is 0. The van der Waals surface area contributed by atoms with Gasteiger partial charge in [-0.3, -0.25) is 18.7 Å². The van der Waals surface area contributed by atoms with Crippen LogP contribution in [0.3, 0.4) is 0 Å². The van der Waals surface area contributed by atoms with Crippen LogP contribution in [0, 0.1) is 0 Å². The maximum absolute atomic E-state index is 11.1. The summed E-state index contributed by atoms with van der Waals surface area (Å²) in [4.78, 5) is 57.2. The van der Waals surface area contributed by atoms with E-state index in [2.05, 4.69) is 0 Å². The number of carbonyl (C=O) groups is 2. The molecule has 0 saturated carbocycles. The Balaban J connectivity index is -0.00000612. The number of hydrogen-bond donors (Lipinski definition) is 4. The molecule has 4 N–H and O–H groups in total. The van der Waals surface area contributed by atoms with Crippen LogP contribution in [0.4, 0.5) is 0 Å². The molecule has 0 amide bonds. The van der Waals surface area contributed by atoms with Gasteiger partial charge in [-0.15, -0.1) is 0 Å². The summed E-state index contributed by atoms with van der Waals surface area (Å²) < 4.78 is 21.5. The zero-order valence-electron chi connectivity index (χ0n) is 22.3. The van der Waals surface area contributed by atoms with Crippen molar-refractivity contribution in [2.45, 2.75) is 154 Å². The first-order valence-corrected chi connectivity index (χ1v) is 17.5. The molecule has 0 spiro atoms. The van der Waals surface area contributed by atoms with E-state index in [1.807, 2.05) is 0 Å². The van der Waals surface area contributed by atoms with Gasteiger partial charge in [-0.05, 0) is 12.8 Å².